The van der Waals surface area contributed by atoms with Crippen molar-refractivity contribution in [3.8, 4) is 0 Å². The summed E-state index contributed by atoms with van der Waals surface area (Å²) in [6, 6.07) is -0.145. The number of amides is 1. The second kappa shape index (κ2) is 3.62. The molecule has 0 bridgehead atoms. The van der Waals surface area contributed by atoms with Crippen LogP contribution in [-0.2, 0) is 4.79 Å². The molecule has 80 valence electrons. The molecule has 6 heteroatoms. The molecule has 1 saturated heterocycles. The third-order valence-electron chi connectivity index (χ3n) is 2.32. The van der Waals surface area contributed by atoms with E-state index in [9.17, 15) is 4.79 Å². The standard InChI is InChI=1S/C9H12N4OS/c1-5(2)13-4-10-3-6(13)7-8(14)12-9(15)11-7/h3-5,7H,1-2H3,(H2,11,12,14,15). The number of carbonyl (C=O) groups excluding carboxylic acids is 1. The molecule has 2 N–H and O–H groups in total. The Labute approximate surface area is 92.9 Å². The quantitative estimate of drug-likeness (QED) is 0.719. The van der Waals surface area contributed by atoms with Crippen LogP contribution in [0.5, 0.6) is 0 Å². The average molecular weight is 224 g/mol. The predicted molar refractivity (Wildman–Crippen MR) is 59.2 cm³/mol. The topological polar surface area (TPSA) is 59.0 Å². The van der Waals surface area contributed by atoms with Crippen molar-refractivity contribution in [2.45, 2.75) is 25.9 Å². The number of carbonyl (C=O) groups is 1. The van der Waals surface area contributed by atoms with Crippen molar-refractivity contribution in [3.63, 3.8) is 0 Å². The maximum Gasteiger partial charge on any atom is 0.254 e. The lowest BCUT2D eigenvalue weighted by molar-refractivity contribution is -0.120. The predicted octanol–water partition coefficient (Wildman–Crippen LogP) is 0.509. The number of imidazole rings is 1. The molecule has 0 spiro atoms. The number of hydrogen-bond donors (Lipinski definition) is 2. The molecular formula is C9H12N4OS. The molecular weight excluding hydrogens is 212 g/mol. The number of hydrogen-bond acceptors (Lipinski definition) is 3. The highest BCUT2D eigenvalue weighted by atomic mass is 32.1. The Morgan fingerprint density at radius 2 is 2.33 bits per heavy atom. The van der Waals surface area contributed by atoms with Gasteiger partial charge in [-0.15, -0.1) is 0 Å². The van der Waals surface area contributed by atoms with Gasteiger partial charge in [-0.05, 0) is 26.1 Å². The Balaban J connectivity index is 2.33. The van der Waals surface area contributed by atoms with Crippen molar-refractivity contribution in [1.82, 2.24) is 20.2 Å². The normalized spacial score (nSPS) is 20.6. The first-order valence-electron chi connectivity index (χ1n) is 4.72. The van der Waals surface area contributed by atoms with E-state index in [4.69, 9.17) is 12.2 Å². The summed E-state index contributed by atoms with van der Waals surface area (Å²) in [5, 5.41) is 5.85. The lowest BCUT2D eigenvalue weighted by Crippen LogP contribution is -2.23. The van der Waals surface area contributed by atoms with E-state index in [-0.39, 0.29) is 11.9 Å². The van der Waals surface area contributed by atoms with Crippen LogP contribution >= 0.6 is 12.2 Å². The molecule has 1 aliphatic rings. The molecule has 2 rings (SSSR count). The minimum Gasteiger partial charge on any atom is -0.346 e. The van der Waals surface area contributed by atoms with E-state index < -0.39 is 6.04 Å². The molecule has 1 aromatic heterocycles. The lowest BCUT2D eigenvalue weighted by Gasteiger charge is -2.14. The van der Waals surface area contributed by atoms with E-state index in [2.05, 4.69) is 15.6 Å². The molecule has 1 atom stereocenters. The fraction of sp³-hybridized carbons (Fsp3) is 0.444. The molecule has 0 aromatic carbocycles. The summed E-state index contributed by atoms with van der Waals surface area (Å²) in [6.07, 6.45) is 3.40. The average Bonchev–Trinajstić information content (AvgIpc) is 2.71. The monoisotopic (exact) mass is 224 g/mol. The highest BCUT2D eigenvalue weighted by Gasteiger charge is 2.31. The van der Waals surface area contributed by atoms with Gasteiger partial charge in [0.25, 0.3) is 5.91 Å². The highest BCUT2D eigenvalue weighted by Crippen LogP contribution is 2.19. The zero-order valence-corrected chi connectivity index (χ0v) is 9.34. The number of thiocarbonyl (C=S) groups is 1. The first kappa shape index (κ1) is 10.1. The molecule has 1 aliphatic heterocycles. The van der Waals surface area contributed by atoms with Crippen LogP contribution in [0.1, 0.15) is 31.6 Å². The van der Waals surface area contributed by atoms with E-state index in [1.54, 1.807) is 12.5 Å². The van der Waals surface area contributed by atoms with Gasteiger partial charge in [-0.1, -0.05) is 0 Å². The van der Waals surface area contributed by atoms with Crippen molar-refractivity contribution in [2.75, 3.05) is 0 Å². The molecule has 0 aliphatic carbocycles. The first-order chi connectivity index (χ1) is 7.09. The number of rotatable bonds is 2. The third-order valence-corrected chi connectivity index (χ3v) is 2.54. The number of nitrogens with zero attached hydrogens (tertiary/aromatic N) is 2. The van der Waals surface area contributed by atoms with Crippen molar-refractivity contribution in [1.29, 1.82) is 0 Å². The molecule has 1 unspecified atom stereocenters. The second-order valence-corrected chi connectivity index (χ2v) is 4.12. The van der Waals surface area contributed by atoms with Crippen molar-refractivity contribution < 1.29 is 4.79 Å². The van der Waals surface area contributed by atoms with Gasteiger partial charge in [-0.2, -0.15) is 0 Å². The second-order valence-electron chi connectivity index (χ2n) is 3.72. The molecule has 1 aromatic rings. The van der Waals surface area contributed by atoms with Gasteiger partial charge in [0.05, 0.1) is 18.2 Å². The lowest BCUT2D eigenvalue weighted by atomic mass is 10.2. The van der Waals surface area contributed by atoms with Crippen LogP contribution in [0.25, 0.3) is 0 Å². The van der Waals surface area contributed by atoms with E-state index in [1.807, 2.05) is 18.4 Å². The van der Waals surface area contributed by atoms with Gasteiger partial charge >= 0.3 is 0 Å². The molecule has 1 fully saturated rings. The minimum absolute atomic E-state index is 0.123. The van der Waals surface area contributed by atoms with E-state index in [1.165, 1.54) is 0 Å². The fourth-order valence-electron chi connectivity index (χ4n) is 1.59. The van der Waals surface area contributed by atoms with Crippen LogP contribution in [0.4, 0.5) is 0 Å². The van der Waals surface area contributed by atoms with Crippen molar-refractivity contribution >= 4 is 23.2 Å². The summed E-state index contributed by atoms with van der Waals surface area (Å²) < 4.78 is 1.95. The largest absolute Gasteiger partial charge is 0.346 e. The van der Waals surface area contributed by atoms with Gasteiger partial charge in [0.1, 0.15) is 6.04 Å². The van der Waals surface area contributed by atoms with Crippen LogP contribution in [0.3, 0.4) is 0 Å². The summed E-state index contributed by atoms with van der Waals surface area (Å²) in [5.74, 6) is -0.123. The minimum atomic E-state index is -0.414. The maximum absolute atomic E-state index is 11.6. The Bertz CT molecular complexity index is 412. The van der Waals surface area contributed by atoms with Gasteiger partial charge in [0.2, 0.25) is 0 Å². The van der Waals surface area contributed by atoms with Crippen LogP contribution in [0, 0.1) is 0 Å². The van der Waals surface area contributed by atoms with Gasteiger partial charge in [-0.25, -0.2) is 4.98 Å². The number of nitrogens with one attached hydrogen (secondary N) is 2. The molecule has 0 saturated carbocycles. The van der Waals surface area contributed by atoms with Crippen molar-refractivity contribution in [2.24, 2.45) is 0 Å². The Morgan fingerprint density at radius 1 is 1.60 bits per heavy atom. The summed E-state index contributed by atoms with van der Waals surface area (Å²) in [5.41, 5.74) is 0.836. The maximum atomic E-state index is 11.6. The smallest absolute Gasteiger partial charge is 0.254 e. The van der Waals surface area contributed by atoms with Crippen LogP contribution in [-0.4, -0.2) is 20.6 Å². The van der Waals surface area contributed by atoms with Crippen LogP contribution in [0.2, 0.25) is 0 Å². The summed E-state index contributed by atoms with van der Waals surface area (Å²) in [6.45, 7) is 4.08. The van der Waals surface area contributed by atoms with Crippen LogP contribution < -0.4 is 10.6 Å². The molecule has 2 heterocycles. The summed E-state index contributed by atoms with van der Waals surface area (Å²) in [4.78, 5) is 15.6. The van der Waals surface area contributed by atoms with Gasteiger partial charge in [0.15, 0.2) is 5.11 Å². The molecule has 1 amide bonds. The van der Waals surface area contributed by atoms with E-state index in [0.29, 0.717) is 5.11 Å². The molecule has 15 heavy (non-hydrogen) atoms. The molecule has 0 radical (unpaired) electrons. The SMILES string of the molecule is CC(C)n1cncc1C1NC(=S)NC1=O. The third kappa shape index (κ3) is 1.72. The highest BCUT2D eigenvalue weighted by molar-refractivity contribution is 7.80. The molecule has 5 nitrogen and oxygen atoms in total. The van der Waals surface area contributed by atoms with E-state index >= 15 is 0 Å². The Kier molecular flexibility index (Phi) is 2.44. The first-order valence-corrected chi connectivity index (χ1v) is 5.13. The van der Waals surface area contributed by atoms with Gasteiger partial charge in [0, 0.05) is 6.04 Å². The van der Waals surface area contributed by atoms with Gasteiger partial charge in [-0.3, -0.25) is 4.79 Å². The summed E-state index contributed by atoms with van der Waals surface area (Å²) >= 11 is 4.88. The zero-order valence-electron chi connectivity index (χ0n) is 8.52. The number of aromatic nitrogens is 2. The van der Waals surface area contributed by atoms with Crippen molar-refractivity contribution in [3.05, 3.63) is 18.2 Å². The Hall–Kier alpha value is -1.43. The van der Waals surface area contributed by atoms with Crippen LogP contribution in [0.15, 0.2) is 12.5 Å². The Morgan fingerprint density at radius 3 is 2.87 bits per heavy atom. The van der Waals surface area contributed by atoms with E-state index in [0.717, 1.165) is 5.69 Å². The van der Waals surface area contributed by atoms with Gasteiger partial charge < -0.3 is 15.2 Å². The fourth-order valence-corrected chi connectivity index (χ4v) is 1.81. The zero-order chi connectivity index (χ0) is 11.0. The summed E-state index contributed by atoms with van der Waals surface area (Å²) in [7, 11) is 0.